The summed E-state index contributed by atoms with van der Waals surface area (Å²) in [7, 11) is 0. The highest BCUT2D eigenvalue weighted by Crippen LogP contribution is 2.27. The van der Waals surface area contributed by atoms with Gasteiger partial charge < -0.3 is 10.2 Å². The molecular weight excluding hydrogens is 216 g/mol. The summed E-state index contributed by atoms with van der Waals surface area (Å²) in [6.07, 6.45) is 1.78. The molecule has 0 spiro atoms. The maximum atomic E-state index is 10.8. The first kappa shape index (κ1) is 11.6. The van der Waals surface area contributed by atoms with Gasteiger partial charge in [-0.25, -0.2) is 0 Å². The van der Waals surface area contributed by atoms with Crippen molar-refractivity contribution in [3.05, 3.63) is 29.8 Å². The van der Waals surface area contributed by atoms with Crippen molar-refractivity contribution < 1.29 is 19.8 Å². The predicted molar refractivity (Wildman–Crippen MR) is 56.2 cm³/mol. The lowest BCUT2D eigenvalue weighted by molar-refractivity contribution is -0.150. The summed E-state index contributed by atoms with van der Waals surface area (Å²) in [5, 5.41) is 17.7. The Morgan fingerprint density at radius 2 is 1.73 bits per heavy atom. The predicted octanol–water partition coefficient (Wildman–Crippen LogP) is 1.66. The Morgan fingerprint density at radius 1 is 1.20 bits per heavy atom. The lowest BCUT2D eigenvalue weighted by atomic mass is 10.00. The fourth-order valence-electron chi connectivity index (χ4n) is 1.28. The molecule has 80 valence electrons. The molecule has 0 amide bonds. The third-order valence-corrected chi connectivity index (χ3v) is 2.76. The fourth-order valence-corrected chi connectivity index (χ4v) is 1.91. The summed E-state index contributed by atoms with van der Waals surface area (Å²) in [5.41, 5.74) is 0.324. The zero-order valence-corrected chi connectivity index (χ0v) is 8.82. The number of hydrogen-bond acceptors (Lipinski definition) is 3. The number of carboxylic acid groups (broad SMARTS) is 2. The molecule has 0 heterocycles. The topological polar surface area (TPSA) is 74.6 Å². The standard InChI is InChI=1S/C10H10O4S/c1-15-7-5-3-2-4-6(7)8(9(11)12)10(13)14/h2-5,8H,1H3,(H,11,12)(H,13,14). The minimum atomic E-state index is -1.49. The van der Waals surface area contributed by atoms with Gasteiger partial charge in [-0.15, -0.1) is 11.8 Å². The molecule has 0 unspecified atom stereocenters. The molecule has 0 aromatic heterocycles. The first-order chi connectivity index (χ1) is 7.07. The van der Waals surface area contributed by atoms with E-state index in [-0.39, 0.29) is 0 Å². The van der Waals surface area contributed by atoms with Gasteiger partial charge in [0.05, 0.1) is 0 Å². The first-order valence-corrected chi connectivity index (χ1v) is 5.39. The number of hydrogen-bond donors (Lipinski definition) is 2. The van der Waals surface area contributed by atoms with E-state index < -0.39 is 17.9 Å². The molecule has 5 heteroatoms. The highest BCUT2D eigenvalue weighted by Gasteiger charge is 2.29. The normalized spacial score (nSPS) is 10.3. The van der Waals surface area contributed by atoms with Crippen LogP contribution < -0.4 is 0 Å². The Balaban J connectivity index is 3.22. The number of carbonyl (C=O) groups is 2. The summed E-state index contributed by atoms with van der Waals surface area (Å²) < 4.78 is 0. The lowest BCUT2D eigenvalue weighted by Gasteiger charge is -2.11. The van der Waals surface area contributed by atoms with Crippen LogP contribution in [0.15, 0.2) is 29.2 Å². The SMILES string of the molecule is CSc1ccccc1C(C(=O)O)C(=O)O. The van der Waals surface area contributed by atoms with Crippen molar-refractivity contribution in [2.45, 2.75) is 10.8 Å². The van der Waals surface area contributed by atoms with Crippen molar-refractivity contribution in [1.82, 2.24) is 0 Å². The maximum absolute atomic E-state index is 10.8. The number of aliphatic carboxylic acids is 2. The van der Waals surface area contributed by atoms with Crippen LogP contribution in [0.25, 0.3) is 0 Å². The van der Waals surface area contributed by atoms with Crippen molar-refractivity contribution >= 4 is 23.7 Å². The number of carboxylic acids is 2. The van der Waals surface area contributed by atoms with Gasteiger partial charge in [0.15, 0.2) is 5.92 Å². The molecule has 1 aromatic rings. The van der Waals surface area contributed by atoms with E-state index in [0.717, 1.165) is 0 Å². The van der Waals surface area contributed by atoms with Crippen LogP contribution in [0.4, 0.5) is 0 Å². The van der Waals surface area contributed by atoms with Crippen LogP contribution in [0.3, 0.4) is 0 Å². The second-order valence-corrected chi connectivity index (χ2v) is 3.70. The molecule has 0 radical (unpaired) electrons. The minimum absolute atomic E-state index is 0.324. The van der Waals surface area contributed by atoms with Gasteiger partial charge in [0.1, 0.15) is 0 Å². The molecule has 2 N–H and O–H groups in total. The van der Waals surface area contributed by atoms with Crippen molar-refractivity contribution in [2.24, 2.45) is 0 Å². The maximum Gasteiger partial charge on any atom is 0.322 e. The zero-order chi connectivity index (χ0) is 11.4. The summed E-state index contributed by atoms with van der Waals surface area (Å²) in [4.78, 5) is 22.3. The van der Waals surface area contributed by atoms with Gasteiger partial charge >= 0.3 is 11.9 Å². The number of benzene rings is 1. The molecule has 0 atom stereocenters. The molecule has 0 aliphatic heterocycles. The molecule has 0 aliphatic rings. The molecule has 0 aliphatic carbocycles. The van der Waals surface area contributed by atoms with Gasteiger partial charge in [-0.05, 0) is 17.9 Å². The summed E-state index contributed by atoms with van der Waals surface area (Å²) in [6, 6.07) is 6.61. The van der Waals surface area contributed by atoms with Crippen molar-refractivity contribution in [1.29, 1.82) is 0 Å². The fraction of sp³-hybridized carbons (Fsp3) is 0.200. The van der Waals surface area contributed by atoms with E-state index in [1.165, 1.54) is 17.8 Å². The van der Waals surface area contributed by atoms with Crippen molar-refractivity contribution in [3.63, 3.8) is 0 Å². The number of rotatable bonds is 4. The Kier molecular flexibility index (Phi) is 3.74. The third kappa shape index (κ3) is 2.50. The van der Waals surface area contributed by atoms with Gasteiger partial charge in [0.25, 0.3) is 0 Å². The van der Waals surface area contributed by atoms with Crippen LogP contribution in [0.2, 0.25) is 0 Å². The second-order valence-electron chi connectivity index (χ2n) is 2.85. The molecular formula is C10H10O4S. The van der Waals surface area contributed by atoms with Crippen LogP contribution in [0.1, 0.15) is 11.5 Å². The molecule has 0 bridgehead atoms. The van der Waals surface area contributed by atoms with Crippen LogP contribution in [-0.4, -0.2) is 28.4 Å². The van der Waals surface area contributed by atoms with E-state index >= 15 is 0 Å². The van der Waals surface area contributed by atoms with E-state index in [0.29, 0.717) is 10.5 Å². The van der Waals surface area contributed by atoms with Gasteiger partial charge in [-0.3, -0.25) is 9.59 Å². The molecule has 0 fully saturated rings. The highest BCUT2D eigenvalue weighted by atomic mass is 32.2. The van der Waals surface area contributed by atoms with Crippen molar-refractivity contribution in [2.75, 3.05) is 6.26 Å². The quantitative estimate of drug-likeness (QED) is 0.603. The van der Waals surface area contributed by atoms with Crippen molar-refractivity contribution in [3.8, 4) is 0 Å². The lowest BCUT2D eigenvalue weighted by Crippen LogP contribution is -2.21. The van der Waals surface area contributed by atoms with Gasteiger partial charge in [-0.1, -0.05) is 18.2 Å². The molecule has 0 saturated carbocycles. The van der Waals surface area contributed by atoms with Gasteiger partial charge in [0.2, 0.25) is 0 Å². The molecule has 1 aromatic carbocycles. The van der Waals surface area contributed by atoms with E-state index in [4.69, 9.17) is 10.2 Å². The molecule has 15 heavy (non-hydrogen) atoms. The number of thioether (sulfide) groups is 1. The summed E-state index contributed by atoms with van der Waals surface area (Å²) in [6.45, 7) is 0. The monoisotopic (exact) mass is 226 g/mol. The van der Waals surface area contributed by atoms with Gasteiger partial charge in [0, 0.05) is 4.90 Å². The average molecular weight is 226 g/mol. The average Bonchev–Trinajstić information content (AvgIpc) is 2.17. The van der Waals surface area contributed by atoms with Crippen LogP contribution in [0, 0.1) is 0 Å². The van der Waals surface area contributed by atoms with E-state index in [1.807, 2.05) is 0 Å². The molecule has 1 rings (SSSR count). The third-order valence-electron chi connectivity index (χ3n) is 1.94. The van der Waals surface area contributed by atoms with E-state index in [1.54, 1.807) is 24.5 Å². The first-order valence-electron chi connectivity index (χ1n) is 4.16. The molecule has 0 saturated heterocycles. The largest absolute Gasteiger partial charge is 0.480 e. The molecule has 4 nitrogen and oxygen atoms in total. The Bertz CT molecular complexity index is 375. The Hall–Kier alpha value is -1.49. The smallest absolute Gasteiger partial charge is 0.322 e. The summed E-state index contributed by atoms with van der Waals surface area (Å²) >= 11 is 1.33. The van der Waals surface area contributed by atoms with E-state index in [9.17, 15) is 9.59 Å². The van der Waals surface area contributed by atoms with Crippen LogP contribution >= 0.6 is 11.8 Å². The zero-order valence-electron chi connectivity index (χ0n) is 8.01. The second kappa shape index (κ2) is 4.84. The van der Waals surface area contributed by atoms with Crippen LogP contribution in [-0.2, 0) is 9.59 Å². The minimum Gasteiger partial charge on any atom is -0.480 e. The van der Waals surface area contributed by atoms with Gasteiger partial charge in [-0.2, -0.15) is 0 Å². The highest BCUT2D eigenvalue weighted by molar-refractivity contribution is 7.98. The Labute approximate surface area is 90.9 Å². The Morgan fingerprint density at radius 3 is 2.20 bits per heavy atom. The van der Waals surface area contributed by atoms with E-state index in [2.05, 4.69) is 0 Å². The summed E-state index contributed by atoms with van der Waals surface area (Å²) in [5.74, 6) is -4.18. The van der Waals surface area contributed by atoms with Crippen LogP contribution in [0.5, 0.6) is 0 Å².